The third kappa shape index (κ3) is 4.41. The van der Waals surface area contributed by atoms with Crippen molar-refractivity contribution < 1.29 is 32.9 Å². The molecule has 7 heteroatoms. The highest BCUT2D eigenvalue weighted by Crippen LogP contribution is 2.38. The fourth-order valence-electron chi connectivity index (χ4n) is 3.85. The Labute approximate surface area is 176 Å². The normalized spacial score (nSPS) is 18.2. The molecule has 4 nitrogen and oxygen atoms in total. The van der Waals surface area contributed by atoms with Crippen molar-refractivity contribution in [2.75, 3.05) is 0 Å². The first kappa shape index (κ1) is 20.9. The number of alkyl halides is 3. The molecule has 2 unspecified atom stereocenters. The number of carboxylic acid groups (broad SMARTS) is 1. The molecule has 0 amide bonds. The zero-order valence-corrected chi connectivity index (χ0v) is 16.3. The first-order valence-electron chi connectivity index (χ1n) is 9.69. The van der Waals surface area contributed by atoms with Gasteiger partial charge in [-0.3, -0.25) is 0 Å². The Hall–Kier alpha value is -3.32. The lowest BCUT2D eigenvalue weighted by molar-refractivity contribution is -0.137. The number of halogens is 3. The quantitative estimate of drug-likeness (QED) is 0.601. The predicted molar refractivity (Wildman–Crippen MR) is 108 cm³/mol. The SMILES string of the molecule is O=C(O)c1ccc(C(F)(F)F)cc1-c1ccc2c(c1)OC(O)C(Cc1ccccc1)C2. The first-order valence-corrected chi connectivity index (χ1v) is 9.69. The number of carboxylic acids is 1. The summed E-state index contributed by atoms with van der Waals surface area (Å²) in [5.41, 5.74) is 0.898. The average molecular weight is 428 g/mol. The lowest BCUT2D eigenvalue weighted by Gasteiger charge is -2.30. The number of hydrogen-bond acceptors (Lipinski definition) is 3. The predicted octanol–water partition coefficient (Wildman–Crippen LogP) is 5.18. The van der Waals surface area contributed by atoms with Gasteiger partial charge in [0, 0.05) is 5.92 Å². The van der Waals surface area contributed by atoms with Gasteiger partial charge in [-0.25, -0.2) is 4.79 Å². The summed E-state index contributed by atoms with van der Waals surface area (Å²) >= 11 is 0. The fraction of sp³-hybridized carbons (Fsp3) is 0.208. The zero-order valence-electron chi connectivity index (χ0n) is 16.3. The Kier molecular flexibility index (Phi) is 5.45. The molecule has 1 aliphatic heterocycles. The first-order chi connectivity index (χ1) is 14.7. The minimum atomic E-state index is -4.60. The second-order valence-corrected chi connectivity index (χ2v) is 7.55. The van der Waals surface area contributed by atoms with E-state index in [2.05, 4.69) is 0 Å². The molecule has 1 aliphatic rings. The monoisotopic (exact) mass is 428 g/mol. The molecule has 0 bridgehead atoms. The number of fused-ring (bicyclic) bond motifs is 1. The van der Waals surface area contributed by atoms with Crippen molar-refractivity contribution in [3.63, 3.8) is 0 Å². The molecule has 3 aromatic rings. The molecule has 2 N–H and O–H groups in total. The maximum absolute atomic E-state index is 13.2. The van der Waals surface area contributed by atoms with Crippen molar-refractivity contribution in [1.29, 1.82) is 0 Å². The molecule has 160 valence electrons. The Morgan fingerprint density at radius 1 is 1.03 bits per heavy atom. The molecular formula is C24H19F3O4. The molecule has 0 saturated heterocycles. The maximum atomic E-state index is 13.2. The Morgan fingerprint density at radius 3 is 2.45 bits per heavy atom. The number of aliphatic hydroxyl groups excluding tert-OH is 1. The number of rotatable bonds is 4. The zero-order chi connectivity index (χ0) is 22.2. The van der Waals surface area contributed by atoms with E-state index in [-0.39, 0.29) is 22.6 Å². The van der Waals surface area contributed by atoms with E-state index in [0.29, 0.717) is 18.6 Å². The molecule has 31 heavy (non-hydrogen) atoms. The van der Waals surface area contributed by atoms with E-state index in [0.717, 1.165) is 29.3 Å². The van der Waals surface area contributed by atoms with Crippen LogP contribution in [0.3, 0.4) is 0 Å². The van der Waals surface area contributed by atoms with Crippen LogP contribution in [0.15, 0.2) is 66.7 Å². The number of benzene rings is 3. The van der Waals surface area contributed by atoms with E-state index in [1.807, 2.05) is 30.3 Å². The van der Waals surface area contributed by atoms with E-state index < -0.39 is 24.0 Å². The molecular weight excluding hydrogens is 409 g/mol. The van der Waals surface area contributed by atoms with Gasteiger partial charge in [-0.15, -0.1) is 0 Å². The van der Waals surface area contributed by atoms with Crippen molar-refractivity contribution in [3.05, 3.63) is 89.0 Å². The summed E-state index contributed by atoms with van der Waals surface area (Å²) in [5, 5.41) is 19.9. The third-order valence-corrected chi connectivity index (χ3v) is 5.43. The molecule has 1 heterocycles. The highest BCUT2D eigenvalue weighted by atomic mass is 19.4. The highest BCUT2D eigenvalue weighted by molar-refractivity contribution is 5.96. The minimum absolute atomic E-state index is 0.0605. The van der Waals surface area contributed by atoms with Crippen molar-refractivity contribution in [2.45, 2.75) is 25.3 Å². The number of aromatic carboxylic acids is 1. The maximum Gasteiger partial charge on any atom is 0.416 e. The largest absolute Gasteiger partial charge is 0.478 e. The summed E-state index contributed by atoms with van der Waals surface area (Å²) in [5.74, 6) is -1.17. The van der Waals surface area contributed by atoms with Crippen LogP contribution < -0.4 is 4.74 Å². The van der Waals surface area contributed by atoms with E-state index >= 15 is 0 Å². The summed E-state index contributed by atoms with van der Waals surface area (Å²) in [6.45, 7) is 0. The van der Waals surface area contributed by atoms with E-state index in [4.69, 9.17) is 4.74 Å². The van der Waals surface area contributed by atoms with Gasteiger partial charge in [-0.2, -0.15) is 13.2 Å². The molecule has 0 fully saturated rings. The summed E-state index contributed by atoms with van der Waals surface area (Å²) in [4.78, 5) is 11.6. The van der Waals surface area contributed by atoms with Crippen LogP contribution in [0.4, 0.5) is 13.2 Å². The lowest BCUT2D eigenvalue weighted by atomic mass is 9.88. The Morgan fingerprint density at radius 2 is 1.77 bits per heavy atom. The highest BCUT2D eigenvalue weighted by Gasteiger charge is 2.32. The molecule has 2 atom stereocenters. The molecule has 0 saturated carbocycles. The number of aliphatic hydroxyl groups is 1. The third-order valence-electron chi connectivity index (χ3n) is 5.43. The molecule has 0 radical (unpaired) electrons. The van der Waals surface area contributed by atoms with Crippen LogP contribution in [0, 0.1) is 5.92 Å². The van der Waals surface area contributed by atoms with E-state index in [1.165, 1.54) is 6.07 Å². The van der Waals surface area contributed by atoms with Crippen molar-refractivity contribution in [2.24, 2.45) is 5.92 Å². The van der Waals surface area contributed by atoms with Crippen LogP contribution >= 0.6 is 0 Å². The number of ether oxygens (including phenoxy) is 1. The van der Waals surface area contributed by atoms with Gasteiger partial charge in [-0.05, 0) is 59.4 Å². The standard InChI is InChI=1S/C24H19F3O4/c25-24(26,27)18-8-9-19(22(28)29)20(13-18)15-6-7-16-11-17(23(30)31-21(16)12-15)10-14-4-2-1-3-5-14/h1-9,12-13,17,23,30H,10-11H2,(H,28,29). The summed E-state index contributed by atoms with van der Waals surface area (Å²) in [6, 6.07) is 17.0. The summed E-state index contributed by atoms with van der Waals surface area (Å²) in [7, 11) is 0. The van der Waals surface area contributed by atoms with Gasteiger partial charge >= 0.3 is 12.1 Å². The van der Waals surface area contributed by atoms with Crippen molar-refractivity contribution in [3.8, 4) is 16.9 Å². The number of carbonyl (C=O) groups is 1. The summed E-state index contributed by atoms with van der Waals surface area (Å²) in [6.07, 6.45) is -4.54. The Balaban J connectivity index is 1.67. The second-order valence-electron chi connectivity index (χ2n) is 7.55. The lowest BCUT2D eigenvalue weighted by Crippen LogP contribution is -2.34. The van der Waals surface area contributed by atoms with Crippen molar-refractivity contribution >= 4 is 5.97 Å². The van der Waals surface area contributed by atoms with Gasteiger partial charge in [-0.1, -0.05) is 42.5 Å². The molecule has 0 aliphatic carbocycles. The van der Waals surface area contributed by atoms with Gasteiger partial charge in [0.2, 0.25) is 6.29 Å². The van der Waals surface area contributed by atoms with Crippen LogP contribution in [-0.4, -0.2) is 22.5 Å². The van der Waals surface area contributed by atoms with Crippen LogP contribution in [0.2, 0.25) is 0 Å². The average Bonchev–Trinajstić information content (AvgIpc) is 2.73. The van der Waals surface area contributed by atoms with Gasteiger partial charge in [0.25, 0.3) is 0 Å². The summed E-state index contributed by atoms with van der Waals surface area (Å²) < 4.78 is 45.1. The molecule has 3 aromatic carbocycles. The van der Waals surface area contributed by atoms with Crippen LogP contribution in [0.25, 0.3) is 11.1 Å². The van der Waals surface area contributed by atoms with Crippen LogP contribution in [-0.2, 0) is 19.0 Å². The molecule has 0 spiro atoms. The van der Waals surface area contributed by atoms with Gasteiger partial charge in [0.1, 0.15) is 5.75 Å². The fourth-order valence-corrected chi connectivity index (χ4v) is 3.85. The van der Waals surface area contributed by atoms with Crippen molar-refractivity contribution in [1.82, 2.24) is 0 Å². The van der Waals surface area contributed by atoms with E-state index in [1.54, 1.807) is 12.1 Å². The van der Waals surface area contributed by atoms with Crippen LogP contribution in [0.1, 0.15) is 27.0 Å². The van der Waals surface area contributed by atoms with Gasteiger partial charge in [0.15, 0.2) is 0 Å². The smallest absolute Gasteiger partial charge is 0.416 e. The van der Waals surface area contributed by atoms with Gasteiger partial charge < -0.3 is 14.9 Å². The molecule has 0 aromatic heterocycles. The second kappa shape index (κ2) is 8.07. The van der Waals surface area contributed by atoms with Gasteiger partial charge in [0.05, 0.1) is 11.1 Å². The van der Waals surface area contributed by atoms with E-state index in [9.17, 15) is 28.2 Å². The van der Waals surface area contributed by atoms with Crippen LogP contribution in [0.5, 0.6) is 5.75 Å². The molecule has 4 rings (SSSR count). The number of hydrogen-bond donors (Lipinski definition) is 2. The minimum Gasteiger partial charge on any atom is -0.478 e. The topological polar surface area (TPSA) is 66.8 Å². The Bertz CT molecular complexity index is 1110.